The van der Waals surface area contributed by atoms with Crippen LogP contribution in [0.1, 0.15) is 76.6 Å². The van der Waals surface area contributed by atoms with Crippen LogP contribution in [0.4, 0.5) is 0 Å². The maximum atomic E-state index is 13.1. The third-order valence-corrected chi connectivity index (χ3v) is 7.44. The summed E-state index contributed by atoms with van der Waals surface area (Å²) in [6.45, 7) is 8.38. The zero-order chi connectivity index (χ0) is 34.1. The van der Waals surface area contributed by atoms with Gasteiger partial charge in [0, 0.05) is 41.5 Å². The van der Waals surface area contributed by atoms with Crippen LogP contribution in [0, 0.1) is 25.2 Å². The molecule has 2 unspecified atom stereocenters. The van der Waals surface area contributed by atoms with Crippen molar-refractivity contribution in [3.63, 3.8) is 0 Å². The van der Waals surface area contributed by atoms with E-state index in [1.54, 1.807) is 40.0 Å². The quantitative estimate of drug-likeness (QED) is 0.299. The number of carbonyl (C=O) groups is 6. The highest BCUT2D eigenvalue weighted by molar-refractivity contribution is 6.18. The van der Waals surface area contributed by atoms with Crippen LogP contribution >= 0.6 is 0 Å². The van der Waals surface area contributed by atoms with Gasteiger partial charge in [-0.1, -0.05) is 12.1 Å². The summed E-state index contributed by atoms with van der Waals surface area (Å²) in [5, 5.41) is 16.2. The second-order valence-corrected chi connectivity index (χ2v) is 10.5. The van der Waals surface area contributed by atoms with E-state index in [0.717, 1.165) is 23.6 Å². The van der Waals surface area contributed by atoms with Crippen molar-refractivity contribution >= 4 is 35.4 Å². The molecule has 12 heteroatoms. The normalized spacial score (nSPS) is 17.4. The molecule has 0 fully saturated rings. The highest BCUT2D eigenvalue weighted by atomic mass is 16.5. The summed E-state index contributed by atoms with van der Waals surface area (Å²) < 4.78 is 20.6. The minimum atomic E-state index is -1.58. The van der Waals surface area contributed by atoms with Crippen molar-refractivity contribution in [3.8, 4) is 11.5 Å². The van der Waals surface area contributed by atoms with E-state index in [0.29, 0.717) is 34.6 Å². The molecule has 2 aliphatic carbocycles. The van der Waals surface area contributed by atoms with E-state index in [1.165, 1.54) is 7.11 Å². The number of esters is 2. The smallest absolute Gasteiger partial charge is 0.320 e. The second kappa shape index (κ2) is 15.8. The third-order valence-electron chi connectivity index (χ3n) is 7.44. The maximum absolute atomic E-state index is 13.1. The van der Waals surface area contributed by atoms with Crippen LogP contribution in [0.15, 0.2) is 24.3 Å². The van der Waals surface area contributed by atoms with Gasteiger partial charge in [0.1, 0.15) is 16.9 Å². The number of ketones is 2. The Hall–Kier alpha value is -4.74. The molecule has 0 aliphatic heterocycles. The van der Waals surface area contributed by atoms with Gasteiger partial charge in [0.15, 0.2) is 11.6 Å². The number of aliphatic carboxylic acids is 2. The molecule has 0 saturated carbocycles. The van der Waals surface area contributed by atoms with Crippen molar-refractivity contribution in [2.45, 2.75) is 60.3 Å². The average Bonchev–Trinajstić information content (AvgIpc) is 3.44. The van der Waals surface area contributed by atoms with Gasteiger partial charge in [-0.05, 0) is 57.4 Å². The molecule has 2 aromatic rings. The van der Waals surface area contributed by atoms with Crippen LogP contribution in [-0.2, 0) is 41.5 Å². The number of hydrogen-bond donors (Lipinski definition) is 2. The van der Waals surface area contributed by atoms with Crippen LogP contribution < -0.4 is 9.47 Å². The van der Waals surface area contributed by atoms with E-state index >= 15 is 0 Å². The largest absolute Gasteiger partial charge is 0.496 e. The fraction of sp³-hybridized carbons (Fsp3) is 0.455. The summed E-state index contributed by atoms with van der Waals surface area (Å²) in [6, 6.07) is 7.18. The van der Waals surface area contributed by atoms with E-state index < -0.39 is 41.0 Å². The number of aryl methyl sites for hydroxylation is 2. The monoisotopic (exact) mass is 628 g/mol. The van der Waals surface area contributed by atoms with E-state index in [1.807, 2.05) is 19.1 Å². The molecule has 2 atom stereocenters. The molecule has 4 rings (SSSR count). The first-order valence-corrected chi connectivity index (χ1v) is 14.3. The lowest BCUT2D eigenvalue weighted by Crippen LogP contribution is -2.41. The summed E-state index contributed by atoms with van der Waals surface area (Å²) in [6.07, 6.45) is 0.0842. The van der Waals surface area contributed by atoms with Gasteiger partial charge < -0.3 is 29.2 Å². The standard InChI is InChI=1S/C18H22O6.C13H14O4.C2H4O2/c1-5-23-14(19)10-18(17(21)24-6-2)9-12-13(22-4)8-7-11(3)15(12)16(18)20;1-7-3-4-10(17-2)9-5-8(6-11(14)15)13(16)12(7)9;1-2(3)4/h7-8H,5-6,9-10H2,1-4H3;3-4,8H,5-6H2,1-2H3,(H,14,15);1H3,(H,3,4). The number of carboxylic acids is 2. The molecule has 12 nitrogen and oxygen atoms in total. The highest BCUT2D eigenvalue weighted by Crippen LogP contribution is 2.46. The van der Waals surface area contributed by atoms with Crippen LogP contribution in [0.5, 0.6) is 11.5 Å². The second-order valence-electron chi connectivity index (χ2n) is 10.5. The van der Waals surface area contributed by atoms with Crippen molar-refractivity contribution in [1.29, 1.82) is 0 Å². The molecule has 2 N–H and O–H groups in total. The van der Waals surface area contributed by atoms with Crippen LogP contribution in [0.25, 0.3) is 0 Å². The van der Waals surface area contributed by atoms with Crippen LogP contribution in [-0.4, -0.2) is 73.1 Å². The van der Waals surface area contributed by atoms with Gasteiger partial charge in [-0.2, -0.15) is 0 Å². The Kier molecular flexibility index (Phi) is 12.8. The van der Waals surface area contributed by atoms with Gasteiger partial charge in [0.25, 0.3) is 5.97 Å². The Labute approximate surface area is 261 Å². The van der Waals surface area contributed by atoms with Crippen molar-refractivity contribution in [2.75, 3.05) is 27.4 Å². The van der Waals surface area contributed by atoms with Crippen molar-refractivity contribution < 1.29 is 57.9 Å². The molecule has 0 spiro atoms. The predicted molar refractivity (Wildman–Crippen MR) is 161 cm³/mol. The number of hydrogen-bond acceptors (Lipinski definition) is 10. The van der Waals surface area contributed by atoms with Gasteiger partial charge >= 0.3 is 17.9 Å². The van der Waals surface area contributed by atoms with Gasteiger partial charge in [-0.3, -0.25) is 28.8 Å². The Morgan fingerprint density at radius 2 is 1.36 bits per heavy atom. The number of carboxylic acid groups (broad SMARTS) is 2. The minimum Gasteiger partial charge on any atom is -0.496 e. The molecule has 2 aromatic carbocycles. The molecule has 0 saturated heterocycles. The molecule has 0 bridgehead atoms. The lowest BCUT2D eigenvalue weighted by Gasteiger charge is -2.24. The van der Waals surface area contributed by atoms with Crippen LogP contribution in [0.3, 0.4) is 0 Å². The Morgan fingerprint density at radius 1 is 0.844 bits per heavy atom. The number of carbonyl (C=O) groups excluding carboxylic acids is 4. The van der Waals surface area contributed by atoms with Crippen molar-refractivity contribution in [2.24, 2.45) is 11.3 Å². The number of fused-ring (bicyclic) bond motifs is 2. The van der Waals surface area contributed by atoms with Gasteiger partial charge in [0.2, 0.25) is 0 Å². The average molecular weight is 629 g/mol. The highest BCUT2D eigenvalue weighted by Gasteiger charge is 2.55. The summed E-state index contributed by atoms with van der Waals surface area (Å²) in [7, 11) is 3.06. The zero-order valence-electron chi connectivity index (χ0n) is 26.6. The van der Waals surface area contributed by atoms with E-state index in [9.17, 15) is 24.0 Å². The summed E-state index contributed by atoms with van der Waals surface area (Å²) in [4.78, 5) is 69.6. The molecule has 244 valence electrons. The van der Waals surface area contributed by atoms with Crippen LogP contribution in [0.2, 0.25) is 0 Å². The first-order valence-electron chi connectivity index (χ1n) is 14.3. The minimum absolute atomic E-state index is 0.0706. The molecular weight excluding hydrogens is 588 g/mol. The van der Waals surface area contributed by atoms with E-state index in [-0.39, 0.29) is 38.3 Å². The topological polar surface area (TPSA) is 180 Å². The first kappa shape index (κ1) is 36.5. The molecule has 0 radical (unpaired) electrons. The summed E-state index contributed by atoms with van der Waals surface area (Å²) in [5.74, 6) is -2.78. The lowest BCUT2D eigenvalue weighted by molar-refractivity contribution is -0.158. The van der Waals surface area contributed by atoms with Crippen molar-refractivity contribution in [3.05, 3.63) is 57.6 Å². The van der Waals surface area contributed by atoms with Gasteiger partial charge in [0.05, 0.1) is 40.3 Å². The molecule has 2 aliphatic rings. The summed E-state index contributed by atoms with van der Waals surface area (Å²) >= 11 is 0. The summed E-state index contributed by atoms with van der Waals surface area (Å²) in [5.41, 5.74) is 2.62. The Balaban J connectivity index is 0.000000292. The lowest BCUT2D eigenvalue weighted by atomic mass is 9.80. The van der Waals surface area contributed by atoms with E-state index in [4.69, 9.17) is 34.0 Å². The third kappa shape index (κ3) is 8.25. The molecule has 0 aromatic heterocycles. The Morgan fingerprint density at radius 3 is 1.84 bits per heavy atom. The number of methoxy groups -OCH3 is 2. The first-order chi connectivity index (χ1) is 21.2. The van der Waals surface area contributed by atoms with Gasteiger partial charge in [-0.15, -0.1) is 0 Å². The zero-order valence-corrected chi connectivity index (χ0v) is 26.6. The van der Waals surface area contributed by atoms with E-state index in [2.05, 4.69) is 0 Å². The molecule has 45 heavy (non-hydrogen) atoms. The fourth-order valence-electron chi connectivity index (χ4n) is 5.56. The number of benzene rings is 2. The number of Topliss-reactive ketones (excluding diaryl/α,β-unsaturated/α-hetero) is 2. The maximum Gasteiger partial charge on any atom is 0.320 e. The number of rotatable bonds is 9. The molecule has 0 amide bonds. The molecule has 0 heterocycles. The fourth-order valence-corrected chi connectivity index (χ4v) is 5.56. The number of ether oxygens (including phenoxy) is 4. The Bertz CT molecular complexity index is 1470. The van der Waals surface area contributed by atoms with Crippen molar-refractivity contribution in [1.82, 2.24) is 0 Å². The predicted octanol–water partition coefficient (Wildman–Crippen LogP) is 4.17. The molecular formula is C33H40O12. The SMILES string of the molecule is CC(=O)O.CCOC(=O)CC1(C(=O)OCC)Cc2c(OC)ccc(C)c2C1=O.COc1ccc(C)c2c1CC(CC(=O)O)C2=O. The van der Waals surface area contributed by atoms with Gasteiger partial charge in [-0.25, -0.2) is 0 Å².